The number of rotatable bonds is 5. The number of para-hydroxylation sites is 1. The first-order chi connectivity index (χ1) is 13.0. The normalized spacial score (nSPS) is 10.4. The lowest BCUT2D eigenvalue weighted by Gasteiger charge is -2.07. The van der Waals surface area contributed by atoms with Crippen molar-refractivity contribution in [2.45, 2.75) is 0 Å². The molecule has 0 radical (unpaired) electrons. The smallest absolute Gasteiger partial charge is 0.356 e. The van der Waals surface area contributed by atoms with Crippen LogP contribution in [0, 0.1) is 0 Å². The van der Waals surface area contributed by atoms with Gasteiger partial charge in [-0.1, -0.05) is 18.2 Å². The third-order valence-electron chi connectivity index (χ3n) is 3.84. The van der Waals surface area contributed by atoms with Crippen LogP contribution >= 0.6 is 15.9 Å². The minimum Gasteiger partial charge on any atom is -0.451 e. The molecule has 3 N–H and O–H groups in total. The Labute approximate surface area is 163 Å². The van der Waals surface area contributed by atoms with Crippen molar-refractivity contribution < 1.29 is 19.1 Å². The maximum atomic E-state index is 12.2. The predicted molar refractivity (Wildman–Crippen MR) is 105 cm³/mol. The second-order valence-electron chi connectivity index (χ2n) is 5.64. The molecule has 8 heteroatoms. The van der Waals surface area contributed by atoms with Crippen LogP contribution < -0.4 is 10.6 Å². The number of nitrogens with one attached hydrogen (secondary N) is 3. The van der Waals surface area contributed by atoms with Crippen molar-refractivity contribution >= 4 is 50.3 Å². The molecule has 138 valence electrons. The molecule has 3 rings (SSSR count). The molecule has 3 aromatic rings. The molecule has 1 heterocycles. The van der Waals surface area contributed by atoms with Gasteiger partial charge >= 0.3 is 5.97 Å². The van der Waals surface area contributed by atoms with Crippen LogP contribution in [0.2, 0.25) is 0 Å². The van der Waals surface area contributed by atoms with Crippen molar-refractivity contribution in [3.63, 3.8) is 0 Å². The monoisotopic (exact) mass is 429 g/mol. The molecule has 0 saturated heterocycles. The summed E-state index contributed by atoms with van der Waals surface area (Å²) in [6.07, 6.45) is 0. The molecule has 2 amide bonds. The number of anilines is 1. The molecular weight excluding hydrogens is 414 g/mol. The summed E-state index contributed by atoms with van der Waals surface area (Å²) in [6.45, 7) is -0.433. The van der Waals surface area contributed by atoms with Crippen LogP contribution in [0.15, 0.2) is 53.0 Å². The first-order valence-electron chi connectivity index (χ1n) is 8.05. The number of fused-ring (bicyclic) bond motifs is 1. The summed E-state index contributed by atoms with van der Waals surface area (Å²) in [5.74, 6) is -1.34. The van der Waals surface area contributed by atoms with Gasteiger partial charge in [-0.2, -0.15) is 0 Å². The van der Waals surface area contributed by atoms with Gasteiger partial charge in [-0.3, -0.25) is 9.59 Å². The van der Waals surface area contributed by atoms with E-state index in [-0.39, 0.29) is 11.6 Å². The molecule has 1 aromatic heterocycles. The van der Waals surface area contributed by atoms with Gasteiger partial charge in [0.05, 0.1) is 4.47 Å². The largest absolute Gasteiger partial charge is 0.451 e. The van der Waals surface area contributed by atoms with Gasteiger partial charge in [0.15, 0.2) is 6.61 Å². The van der Waals surface area contributed by atoms with Crippen molar-refractivity contribution in [1.82, 2.24) is 10.3 Å². The highest BCUT2D eigenvalue weighted by Gasteiger charge is 2.18. The number of carbonyl (C=O) groups is 3. The molecule has 0 fully saturated rings. The van der Waals surface area contributed by atoms with Gasteiger partial charge in [0, 0.05) is 29.2 Å². The van der Waals surface area contributed by atoms with Crippen molar-refractivity contribution in [2.75, 3.05) is 19.0 Å². The summed E-state index contributed by atoms with van der Waals surface area (Å²) in [4.78, 5) is 38.7. The van der Waals surface area contributed by atoms with E-state index in [1.165, 1.54) is 7.05 Å². The third kappa shape index (κ3) is 4.17. The second-order valence-corrected chi connectivity index (χ2v) is 6.43. The van der Waals surface area contributed by atoms with Crippen LogP contribution in [-0.4, -0.2) is 36.4 Å². The highest BCUT2D eigenvalue weighted by atomic mass is 79.9. The van der Waals surface area contributed by atoms with Crippen LogP contribution in [0.5, 0.6) is 0 Å². The molecular formula is C19H16BrN3O4. The Hall–Kier alpha value is -3.13. The highest BCUT2D eigenvalue weighted by Crippen LogP contribution is 2.28. The number of aromatic nitrogens is 1. The van der Waals surface area contributed by atoms with Crippen LogP contribution in [0.1, 0.15) is 20.8 Å². The number of amides is 2. The summed E-state index contributed by atoms with van der Waals surface area (Å²) in [7, 11) is 1.54. The van der Waals surface area contributed by atoms with Gasteiger partial charge in [-0.05, 0) is 46.3 Å². The van der Waals surface area contributed by atoms with E-state index in [0.29, 0.717) is 15.7 Å². The minimum atomic E-state index is -0.636. The fraction of sp³-hybridized carbons (Fsp3) is 0.105. The van der Waals surface area contributed by atoms with Gasteiger partial charge in [-0.15, -0.1) is 0 Å². The lowest BCUT2D eigenvalue weighted by atomic mass is 10.2. The lowest BCUT2D eigenvalue weighted by Crippen LogP contribution is -2.21. The van der Waals surface area contributed by atoms with Crippen molar-refractivity contribution in [1.29, 1.82) is 0 Å². The van der Waals surface area contributed by atoms with Crippen molar-refractivity contribution in [3.05, 3.63) is 64.3 Å². The number of esters is 1. The van der Waals surface area contributed by atoms with Gasteiger partial charge < -0.3 is 20.4 Å². The standard InChI is InChI=1S/C19H16BrN3O4/c1-21-18(25)11-6-8-12(9-7-11)22-15(24)10-27-19(26)17-16(20)13-4-2-3-5-14(13)23-17/h2-9,23H,10H2,1H3,(H,21,25)(H,22,24). The van der Waals surface area contributed by atoms with E-state index in [4.69, 9.17) is 4.74 Å². The maximum Gasteiger partial charge on any atom is 0.356 e. The van der Waals surface area contributed by atoms with E-state index in [0.717, 1.165) is 10.9 Å². The van der Waals surface area contributed by atoms with E-state index in [9.17, 15) is 14.4 Å². The Balaban J connectivity index is 1.59. The van der Waals surface area contributed by atoms with E-state index >= 15 is 0 Å². The maximum absolute atomic E-state index is 12.2. The zero-order valence-electron chi connectivity index (χ0n) is 14.3. The highest BCUT2D eigenvalue weighted by molar-refractivity contribution is 9.10. The van der Waals surface area contributed by atoms with Gasteiger partial charge in [-0.25, -0.2) is 4.79 Å². The van der Waals surface area contributed by atoms with E-state index < -0.39 is 18.5 Å². The Morgan fingerprint density at radius 3 is 2.44 bits per heavy atom. The van der Waals surface area contributed by atoms with Crippen LogP contribution in [0.3, 0.4) is 0 Å². The summed E-state index contributed by atoms with van der Waals surface area (Å²) in [6, 6.07) is 13.8. The number of aromatic amines is 1. The number of halogens is 1. The van der Waals surface area contributed by atoms with Crippen LogP contribution in [0.25, 0.3) is 10.9 Å². The minimum absolute atomic E-state index is 0.217. The van der Waals surface area contributed by atoms with E-state index in [1.54, 1.807) is 24.3 Å². The summed E-state index contributed by atoms with van der Waals surface area (Å²) < 4.78 is 5.67. The molecule has 0 spiro atoms. The predicted octanol–water partition coefficient (Wildman–Crippen LogP) is 3.09. The number of hydrogen-bond acceptors (Lipinski definition) is 4. The topological polar surface area (TPSA) is 100 Å². The third-order valence-corrected chi connectivity index (χ3v) is 4.66. The average Bonchev–Trinajstić information content (AvgIpc) is 3.03. The Morgan fingerprint density at radius 1 is 1.07 bits per heavy atom. The van der Waals surface area contributed by atoms with Crippen LogP contribution in [-0.2, 0) is 9.53 Å². The number of hydrogen-bond donors (Lipinski definition) is 3. The molecule has 0 unspecified atom stereocenters. The molecule has 2 aromatic carbocycles. The van der Waals surface area contributed by atoms with Crippen molar-refractivity contribution in [3.8, 4) is 0 Å². The number of carbonyl (C=O) groups excluding carboxylic acids is 3. The van der Waals surface area contributed by atoms with Gasteiger partial charge in [0.25, 0.3) is 11.8 Å². The molecule has 0 saturated carbocycles. The number of H-pyrrole nitrogens is 1. The average molecular weight is 430 g/mol. The first-order valence-corrected chi connectivity index (χ1v) is 8.84. The summed E-state index contributed by atoms with van der Waals surface area (Å²) in [5, 5.41) is 5.97. The molecule has 0 aliphatic carbocycles. The Morgan fingerprint density at radius 2 is 1.78 bits per heavy atom. The SMILES string of the molecule is CNC(=O)c1ccc(NC(=O)COC(=O)c2[nH]c3ccccc3c2Br)cc1. The second kappa shape index (κ2) is 8.05. The molecule has 0 aliphatic heterocycles. The molecule has 27 heavy (non-hydrogen) atoms. The molecule has 7 nitrogen and oxygen atoms in total. The quantitative estimate of drug-likeness (QED) is 0.542. The fourth-order valence-corrected chi connectivity index (χ4v) is 3.10. The zero-order chi connectivity index (χ0) is 19.4. The van der Waals surface area contributed by atoms with Gasteiger partial charge in [0.2, 0.25) is 0 Å². The first kappa shape index (κ1) is 18.7. The fourth-order valence-electron chi connectivity index (χ4n) is 2.50. The summed E-state index contributed by atoms with van der Waals surface area (Å²) in [5.41, 5.74) is 2.01. The zero-order valence-corrected chi connectivity index (χ0v) is 15.9. The molecule has 0 aliphatic rings. The van der Waals surface area contributed by atoms with E-state index in [1.807, 2.05) is 24.3 Å². The number of benzene rings is 2. The van der Waals surface area contributed by atoms with Gasteiger partial charge in [0.1, 0.15) is 5.69 Å². The summed E-state index contributed by atoms with van der Waals surface area (Å²) >= 11 is 3.37. The lowest BCUT2D eigenvalue weighted by molar-refractivity contribution is -0.119. The van der Waals surface area contributed by atoms with E-state index in [2.05, 4.69) is 31.5 Å². The Kier molecular flexibility index (Phi) is 5.56. The molecule has 0 bridgehead atoms. The van der Waals surface area contributed by atoms with Crippen LogP contribution in [0.4, 0.5) is 5.69 Å². The molecule has 0 atom stereocenters. The van der Waals surface area contributed by atoms with Crippen molar-refractivity contribution in [2.24, 2.45) is 0 Å². The Bertz CT molecular complexity index is 1010. The number of ether oxygens (including phenoxy) is 1.